The Morgan fingerprint density at radius 1 is 0.933 bits per heavy atom. The minimum atomic E-state index is -0.932. The lowest BCUT2D eigenvalue weighted by Crippen LogP contribution is -2.60. The Kier molecular flexibility index (Phi) is 5.52. The van der Waals surface area contributed by atoms with Crippen LogP contribution in [0.2, 0.25) is 0 Å². The lowest BCUT2D eigenvalue weighted by Gasteiger charge is -2.62. The summed E-state index contributed by atoms with van der Waals surface area (Å²) in [5, 5.41) is 11.7. The van der Waals surface area contributed by atoms with E-state index >= 15 is 0 Å². The van der Waals surface area contributed by atoms with Gasteiger partial charge in [-0.1, -0.05) is 13.8 Å². The monoisotopic (exact) mass is 420 g/mol. The van der Waals surface area contributed by atoms with Crippen molar-refractivity contribution in [3.05, 3.63) is 0 Å². The van der Waals surface area contributed by atoms with Crippen LogP contribution >= 0.6 is 0 Å². The lowest BCUT2D eigenvalue weighted by molar-refractivity contribution is -0.201. The number of hydrogen-bond acceptors (Lipinski definition) is 5. The van der Waals surface area contributed by atoms with Crippen molar-refractivity contribution in [1.29, 1.82) is 0 Å². The van der Waals surface area contributed by atoms with Crippen molar-refractivity contribution in [2.45, 2.75) is 110 Å². The standard InChI is InChI=1S/C25H40O5/c1-15(29-16(2)26)25(28)13-10-22-20-7-6-18-14-19(30-17(3)27)8-11-23(18,4)21(20)9-12-24(22,25)5/h15,18-22,28H,6-14H2,1-5H3/t15-,18-,19-,20-,21+,22-,23+,24-,25-/m1/s1. The van der Waals surface area contributed by atoms with Gasteiger partial charge in [0.2, 0.25) is 0 Å². The molecular formula is C25H40O5. The van der Waals surface area contributed by atoms with Crippen LogP contribution in [0, 0.1) is 34.5 Å². The molecule has 0 saturated heterocycles. The van der Waals surface area contributed by atoms with E-state index in [0.29, 0.717) is 29.1 Å². The molecule has 4 saturated carbocycles. The fourth-order valence-corrected chi connectivity index (χ4v) is 8.63. The third-order valence-corrected chi connectivity index (χ3v) is 10.2. The average Bonchev–Trinajstić information content (AvgIpc) is 2.93. The highest BCUT2D eigenvalue weighted by Crippen LogP contribution is 2.68. The van der Waals surface area contributed by atoms with Crippen molar-refractivity contribution in [2.75, 3.05) is 0 Å². The molecule has 0 radical (unpaired) electrons. The molecule has 9 atom stereocenters. The van der Waals surface area contributed by atoms with E-state index < -0.39 is 11.7 Å². The van der Waals surface area contributed by atoms with E-state index in [9.17, 15) is 14.7 Å². The Morgan fingerprint density at radius 2 is 1.63 bits per heavy atom. The molecule has 0 spiro atoms. The second kappa shape index (κ2) is 7.50. The van der Waals surface area contributed by atoms with Gasteiger partial charge in [-0.15, -0.1) is 0 Å². The second-order valence-corrected chi connectivity index (χ2v) is 11.3. The van der Waals surface area contributed by atoms with E-state index in [1.54, 1.807) is 0 Å². The molecule has 5 heteroatoms. The lowest BCUT2D eigenvalue weighted by atomic mass is 9.44. The summed E-state index contributed by atoms with van der Waals surface area (Å²) >= 11 is 0. The first-order chi connectivity index (χ1) is 14.0. The van der Waals surface area contributed by atoms with Crippen LogP contribution in [0.1, 0.15) is 92.4 Å². The number of carbonyl (C=O) groups excluding carboxylic acids is 2. The molecule has 170 valence electrons. The molecule has 4 fully saturated rings. The van der Waals surface area contributed by atoms with Gasteiger partial charge in [-0.05, 0) is 93.8 Å². The Morgan fingerprint density at radius 3 is 2.30 bits per heavy atom. The highest BCUT2D eigenvalue weighted by Gasteiger charge is 2.66. The SMILES string of the molecule is CC(=O)O[C@@H]1CC[C@@]2(C)[C@H](CC[C@H]3[C@H]4CC[C@@](O)([C@@H](C)OC(C)=O)[C@]4(C)CC[C@@H]32)C1. The molecule has 1 N–H and O–H groups in total. The van der Waals surface area contributed by atoms with Crippen LogP contribution in [-0.4, -0.2) is 34.9 Å². The van der Waals surface area contributed by atoms with Gasteiger partial charge in [-0.2, -0.15) is 0 Å². The van der Waals surface area contributed by atoms with E-state index in [4.69, 9.17) is 9.47 Å². The minimum Gasteiger partial charge on any atom is -0.463 e. The van der Waals surface area contributed by atoms with Crippen LogP contribution < -0.4 is 0 Å². The zero-order valence-corrected chi connectivity index (χ0v) is 19.4. The molecule has 30 heavy (non-hydrogen) atoms. The molecule has 0 aromatic carbocycles. The average molecular weight is 421 g/mol. The predicted molar refractivity (Wildman–Crippen MR) is 113 cm³/mol. The first kappa shape index (κ1) is 22.1. The van der Waals surface area contributed by atoms with Gasteiger partial charge < -0.3 is 14.6 Å². The third-order valence-electron chi connectivity index (χ3n) is 10.2. The van der Waals surface area contributed by atoms with Crippen LogP contribution in [0.3, 0.4) is 0 Å². The quantitative estimate of drug-likeness (QED) is 0.673. The molecule has 0 aliphatic heterocycles. The van der Waals surface area contributed by atoms with Crippen molar-refractivity contribution < 1.29 is 24.2 Å². The molecule has 0 amide bonds. The molecule has 0 heterocycles. The van der Waals surface area contributed by atoms with E-state index in [-0.39, 0.29) is 23.5 Å². The van der Waals surface area contributed by atoms with Crippen molar-refractivity contribution in [3.63, 3.8) is 0 Å². The number of rotatable bonds is 3. The van der Waals surface area contributed by atoms with Gasteiger partial charge in [-0.3, -0.25) is 9.59 Å². The summed E-state index contributed by atoms with van der Waals surface area (Å²) < 4.78 is 11.1. The van der Waals surface area contributed by atoms with Gasteiger partial charge in [0.15, 0.2) is 0 Å². The second-order valence-electron chi connectivity index (χ2n) is 11.3. The number of esters is 2. The maximum Gasteiger partial charge on any atom is 0.302 e. The van der Waals surface area contributed by atoms with Gasteiger partial charge in [-0.25, -0.2) is 0 Å². The van der Waals surface area contributed by atoms with Crippen LogP contribution in [0.4, 0.5) is 0 Å². The minimum absolute atomic E-state index is 0.0899. The summed E-state index contributed by atoms with van der Waals surface area (Å²) in [4.78, 5) is 23.0. The van der Waals surface area contributed by atoms with E-state index in [0.717, 1.165) is 44.9 Å². The van der Waals surface area contributed by atoms with E-state index in [1.807, 2.05) is 6.92 Å². The van der Waals surface area contributed by atoms with Crippen LogP contribution in [0.25, 0.3) is 0 Å². The first-order valence-corrected chi connectivity index (χ1v) is 12.1. The Hall–Kier alpha value is -1.10. The smallest absolute Gasteiger partial charge is 0.302 e. The molecule has 5 nitrogen and oxygen atoms in total. The summed E-state index contributed by atoms with van der Waals surface area (Å²) in [5.74, 6) is 1.96. The molecule has 4 aliphatic carbocycles. The van der Waals surface area contributed by atoms with Crippen LogP contribution in [0.5, 0.6) is 0 Å². The molecule has 4 aliphatic rings. The molecular weight excluding hydrogens is 380 g/mol. The van der Waals surface area contributed by atoms with Gasteiger partial charge >= 0.3 is 11.9 Å². The van der Waals surface area contributed by atoms with Crippen LogP contribution in [0.15, 0.2) is 0 Å². The first-order valence-electron chi connectivity index (χ1n) is 12.1. The van der Waals surface area contributed by atoms with Gasteiger partial charge in [0.05, 0.1) is 0 Å². The molecule has 4 rings (SSSR count). The summed E-state index contributed by atoms with van der Waals surface area (Å²) in [5.41, 5.74) is -0.816. The molecule has 0 aromatic heterocycles. The number of ether oxygens (including phenoxy) is 2. The summed E-state index contributed by atoms with van der Waals surface area (Å²) in [6.45, 7) is 9.57. The van der Waals surface area contributed by atoms with Gasteiger partial charge in [0, 0.05) is 19.3 Å². The van der Waals surface area contributed by atoms with Crippen molar-refractivity contribution >= 4 is 11.9 Å². The Balaban J connectivity index is 1.54. The summed E-state index contributed by atoms with van der Waals surface area (Å²) in [7, 11) is 0. The number of hydrogen-bond donors (Lipinski definition) is 1. The van der Waals surface area contributed by atoms with Gasteiger partial charge in [0.1, 0.15) is 17.8 Å². The predicted octanol–water partition coefficient (Wildman–Crippen LogP) is 4.64. The normalized spacial score (nSPS) is 48.7. The van der Waals surface area contributed by atoms with Crippen molar-refractivity contribution in [3.8, 4) is 0 Å². The Bertz CT molecular complexity index is 706. The highest BCUT2D eigenvalue weighted by atomic mass is 16.6. The number of carbonyl (C=O) groups is 2. The zero-order chi connectivity index (χ0) is 21.9. The van der Waals surface area contributed by atoms with E-state index in [2.05, 4.69) is 13.8 Å². The number of fused-ring (bicyclic) bond motifs is 5. The molecule has 0 unspecified atom stereocenters. The van der Waals surface area contributed by atoms with Gasteiger partial charge in [0.25, 0.3) is 0 Å². The fourth-order valence-electron chi connectivity index (χ4n) is 8.63. The molecule has 0 bridgehead atoms. The summed E-state index contributed by atoms with van der Waals surface area (Å²) in [6.07, 6.45) is 9.02. The van der Waals surface area contributed by atoms with Crippen molar-refractivity contribution in [2.24, 2.45) is 34.5 Å². The van der Waals surface area contributed by atoms with Crippen LogP contribution in [-0.2, 0) is 19.1 Å². The highest BCUT2D eigenvalue weighted by molar-refractivity contribution is 5.66. The van der Waals surface area contributed by atoms with Crippen molar-refractivity contribution in [1.82, 2.24) is 0 Å². The number of aliphatic hydroxyl groups is 1. The third kappa shape index (κ3) is 3.22. The fraction of sp³-hybridized carbons (Fsp3) is 0.920. The Labute approximate surface area is 181 Å². The summed E-state index contributed by atoms with van der Waals surface area (Å²) in [6, 6.07) is 0. The van der Waals surface area contributed by atoms with E-state index in [1.165, 1.54) is 26.7 Å². The molecule has 0 aromatic rings. The maximum atomic E-state index is 11.7. The maximum absolute atomic E-state index is 11.7. The largest absolute Gasteiger partial charge is 0.463 e. The zero-order valence-electron chi connectivity index (χ0n) is 19.4. The topological polar surface area (TPSA) is 72.8 Å².